The minimum absolute atomic E-state index is 0.164. The van der Waals surface area contributed by atoms with Crippen molar-refractivity contribution in [2.45, 2.75) is 45.4 Å². The lowest BCUT2D eigenvalue weighted by Gasteiger charge is -2.13. The van der Waals surface area contributed by atoms with Crippen molar-refractivity contribution in [1.29, 1.82) is 5.26 Å². The Morgan fingerprint density at radius 1 is 1.53 bits per heavy atom. The fourth-order valence-corrected chi connectivity index (χ4v) is 1.59. The number of aryl methyl sites for hydroxylation is 1. The molecule has 0 aliphatic rings. The highest BCUT2D eigenvalue weighted by molar-refractivity contribution is 5.16. The summed E-state index contributed by atoms with van der Waals surface area (Å²) in [6.07, 6.45) is 0.267. The van der Waals surface area contributed by atoms with E-state index in [0.717, 1.165) is 5.69 Å². The molecule has 1 aromatic rings. The third-order valence-electron chi connectivity index (χ3n) is 2.59. The summed E-state index contributed by atoms with van der Waals surface area (Å²) >= 11 is 0. The monoisotopic (exact) mass is 238 g/mol. The lowest BCUT2D eigenvalue weighted by atomic mass is 10.2. The van der Waals surface area contributed by atoms with Crippen LogP contribution in [-0.4, -0.2) is 33.3 Å². The molecule has 0 aliphatic heterocycles. The van der Waals surface area contributed by atoms with Crippen molar-refractivity contribution in [2.24, 2.45) is 0 Å². The van der Waals surface area contributed by atoms with Gasteiger partial charge in [0.15, 0.2) is 0 Å². The number of aliphatic hydroxyl groups is 1. The number of aliphatic hydroxyl groups excluding tert-OH is 1. The zero-order chi connectivity index (χ0) is 12.8. The number of nitrogens with zero attached hydrogens (tertiary/aromatic N) is 4. The second-order valence-electron chi connectivity index (χ2n) is 4.00. The average molecular weight is 238 g/mol. The molecule has 0 aliphatic carbocycles. The summed E-state index contributed by atoms with van der Waals surface area (Å²) in [5, 5.41) is 26.0. The first-order chi connectivity index (χ1) is 8.10. The summed E-state index contributed by atoms with van der Waals surface area (Å²) in [4.78, 5) is 0. The zero-order valence-electron chi connectivity index (χ0n) is 10.4. The first-order valence-electron chi connectivity index (χ1n) is 5.60. The maximum Gasteiger partial charge on any atom is 0.103 e. The topological polar surface area (TPSA) is 84.0 Å². The zero-order valence-corrected chi connectivity index (χ0v) is 10.4. The van der Waals surface area contributed by atoms with Gasteiger partial charge in [-0.05, 0) is 20.3 Å². The van der Waals surface area contributed by atoms with Crippen LogP contribution in [0.25, 0.3) is 0 Å². The van der Waals surface area contributed by atoms with Crippen LogP contribution in [0, 0.1) is 11.3 Å². The Kier molecular flexibility index (Phi) is 5.07. The maximum atomic E-state index is 9.27. The Balaban J connectivity index is 2.92. The molecule has 0 fully saturated rings. The molecule has 0 bridgehead atoms. The van der Waals surface area contributed by atoms with Gasteiger partial charge in [-0.15, -0.1) is 5.10 Å². The lowest BCUT2D eigenvalue weighted by molar-refractivity contribution is 0.108. The summed E-state index contributed by atoms with van der Waals surface area (Å²) in [5.41, 5.74) is 1.46. The minimum atomic E-state index is -0.385. The Labute approximate surface area is 101 Å². The average Bonchev–Trinajstić information content (AvgIpc) is 2.69. The van der Waals surface area contributed by atoms with Crippen LogP contribution >= 0.6 is 0 Å². The van der Waals surface area contributed by atoms with Gasteiger partial charge in [-0.2, -0.15) is 5.26 Å². The van der Waals surface area contributed by atoms with Gasteiger partial charge in [-0.3, -0.25) is 0 Å². The molecule has 6 nitrogen and oxygen atoms in total. The number of aromatic nitrogens is 3. The van der Waals surface area contributed by atoms with Crippen LogP contribution in [0.5, 0.6) is 0 Å². The highest BCUT2D eigenvalue weighted by Gasteiger charge is 2.18. The molecule has 17 heavy (non-hydrogen) atoms. The van der Waals surface area contributed by atoms with Gasteiger partial charge in [0.1, 0.15) is 5.69 Å². The molecule has 0 saturated carbocycles. The van der Waals surface area contributed by atoms with E-state index in [0.29, 0.717) is 18.7 Å². The summed E-state index contributed by atoms with van der Waals surface area (Å²) < 4.78 is 6.96. The predicted molar refractivity (Wildman–Crippen MR) is 61.1 cm³/mol. The molecule has 1 aromatic heterocycles. The van der Waals surface area contributed by atoms with Crippen LogP contribution < -0.4 is 0 Å². The Morgan fingerprint density at radius 3 is 2.76 bits per heavy atom. The van der Waals surface area contributed by atoms with E-state index in [9.17, 15) is 5.11 Å². The van der Waals surface area contributed by atoms with E-state index in [4.69, 9.17) is 10.00 Å². The van der Waals surface area contributed by atoms with Crippen LogP contribution in [0.3, 0.4) is 0 Å². The van der Waals surface area contributed by atoms with Crippen molar-refractivity contribution in [3.63, 3.8) is 0 Å². The fraction of sp³-hybridized carbons (Fsp3) is 0.727. The summed E-state index contributed by atoms with van der Waals surface area (Å²) in [5.74, 6) is 0. The summed E-state index contributed by atoms with van der Waals surface area (Å²) in [6, 6.07) is 2.06. The smallest absolute Gasteiger partial charge is 0.103 e. The van der Waals surface area contributed by atoms with Crippen molar-refractivity contribution >= 4 is 0 Å². The molecule has 0 spiro atoms. The van der Waals surface area contributed by atoms with Crippen LogP contribution in [-0.2, 0) is 17.7 Å². The van der Waals surface area contributed by atoms with Gasteiger partial charge in [-0.1, -0.05) is 5.21 Å². The molecule has 0 radical (unpaired) electrons. The molecular weight excluding hydrogens is 220 g/mol. The first kappa shape index (κ1) is 13.6. The van der Waals surface area contributed by atoms with Gasteiger partial charge in [0.2, 0.25) is 0 Å². The minimum Gasteiger partial charge on any atom is -0.393 e. The van der Waals surface area contributed by atoms with Gasteiger partial charge in [0.25, 0.3) is 0 Å². The number of methoxy groups -OCH3 is 1. The van der Waals surface area contributed by atoms with Gasteiger partial charge in [0, 0.05) is 13.7 Å². The molecule has 1 rings (SSSR count). The van der Waals surface area contributed by atoms with E-state index in [1.807, 2.05) is 6.92 Å². The summed E-state index contributed by atoms with van der Waals surface area (Å²) in [6.45, 7) is 4.18. The van der Waals surface area contributed by atoms with E-state index in [2.05, 4.69) is 16.4 Å². The standard InChI is InChI=1S/C11H18N4O2/c1-8(16)5-7-15-11(9(2)17-3)10(4-6-12)13-14-15/h8-9,16H,4-5,7H2,1-3H3. The Morgan fingerprint density at radius 2 is 2.24 bits per heavy atom. The van der Waals surface area contributed by atoms with Gasteiger partial charge in [0.05, 0.1) is 30.4 Å². The molecule has 2 atom stereocenters. The normalized spacial score (nSPS) is 14.3. The molecule has 0 aromatic carbocycles. The largest absolute Gasteiger partial charge is 0.393 e. The molecule has 0 amide bonds. The maximum absolute atomic E-state index is 9.27. The van der Waals surface area contributed by atoms with E-state index < -0.39 is 0 Å². The van der Waals surface area contributed by atoms with Crippen molar-refractivity contribution in [3.05, 3.63) is 11.4 Å². The van der Waals surface area contributed by atoms with Crippen molar-refractivity contribution in [1.82, 2.24) is 15.0 Å². The van der Waals surface area contributed by atoms with Crippen LogP contribution in [0.15, 0.2) is 0 Å². The van der Waals surface area contributed by atoms with E-state index in [1.165, 1.54) is 0 Å². The highest BCUT2D eigenvalue weighted by atomic mass is 16.5. The fourth-order valence-electron chi connectivity index (χ4n) is 1.59. The third kappa shape index (κ3) is 3.51. The summed E-state index contributed by atoms with van der Waals surface area (Å²) in [7, 11) is 1.60. The van der Waals surface area contributed by atoms with Crippen molar-refractivity contribution in [3.8, 4) is 6.07 Å². The molecule has 1 heterocycles. The number of hydrogen-bond donors (Lipinski definition) is 1. The second-order valence-corrected chi connectivity index (χ2v) is 4.00. The third-order valence-corrected chi connectivity index (χ3v) is 2.59. The van der Waals surface area contributed by atoms with E-state index >= 15 is 0 Å². The quantitative estimate of drug-likeness (QED) is 0.793. The Hall–Kier alpha value is -1.45. The number of ether oxygens (including phenoxy) is 1. The molecular formula is C11H18N4O2. The number of nitriles is 1. The van der Waals surface area contributed by atoms with Crippen LogP contribution in [0.2, 0.25) is 0 Å². The Bertz CT molecular complexity index is 395. The van der Waals surface area contributed by atoms with Gasteiger partial charge >= 0.3 is 0 Å². The predicted octanol–water partition coefficient (Wildman–Crippen LogP) is 0.822. The molecule has 2 unspecified atom stereocenters. The molecule has 6 heteroatoms. The first-order valence-corrected chi connectivity index (χ1v) is 5.60. The van der Waals surface area contributed by atoms with Gasteiger partial charge < -0.3 is 9.84 Å². The van der Waals surface area contributed by atoms with Crippen LogP contribution in [0.1, 0.15) is 37.8 Å². The van der Waals surface area contributed by atoms with Crippen LogP contribution in [0.4, 0.5) is 0 Å². The number of hydrogen-bond acceptors (Lipinski definition) is 5. The highest BCUT2D eigenvalue weighted by Crippen LogP contribution is 2.19. The van der Waals surface area contributed by atoms with Gasteiger partial charge in [-0.25, -0.2) is 4.68 Å². The lowest BCUT2D eigenvalue weighted by Crippen LogP contribution is -2.14. The molecule has 0 saturated heterocycles. The SMILES string of the molecule is COC(C)c1c(CC#N)nnn1CCC(C)O. The van der Waals surface area contributed by atoms with Crippen molar-refractivity contribution in [2.75, 3.05) is 7.11 Å². The molecule has 1 N–H and O–H groups in total. The second kappa shape index (κ2) is 6.33. The van der Waals surface area contributed by atoms with Crippen molar-refractivity contribution < 1.29 is 9.84 Å². The van der Waals surface area contributed by atoms with E-state index in [-0.39, 0.29) is 18.6 Å². The number of rotatable bonds is 6. The van der Waals surface area contributed by atoms with E-state index in [1.54, 1.807) is 18.7 Å². The molecule has 94 valence electrons.